The summed E-state index contributed by atoms with van der Waals surface area (Å²) in [5.41, 5.74) is -0.643. The minimum absolute atomic E-state index is 0.0547. The first-order valence-electron chi connectivity index (χ1n) is 7.52. The van der Waals surface area contributed by atoms with Gasteiger partial charge in [-0.25, -0.2) is 4.98 Å². The van der Waals surface area contributed by atoms with Crippen LogP contribution in [0.1, 0.15) is 23.6 Å². The molecule has 132 valence electrons. The van der Waals surface area contributed by atoms with Gasteiger partial charge in [0.2, 0.25) is 0 Å². The summed E-state index contributed by atoms with van der Waals surface area (Å²) in [5, 5.41) is 4.54. The normalized spacial score (nSPS) is 11.9. The number of benzene rings is 1. The van der Waals surface area contributed by atoms with Crippen LogP contribution in [0.4, 0.5) is 13.2 Å². The molecule has 0 saturated heterocycles. The molecule has 2 heterocycles. The van der Waals surface area contributed by atoms with Crippen molar-refractivity contribution in [2.45, 2.75) is 25.9 Å². The number of nitrogens with zero attached hydrogens (tertiary/aromatic N) is 4. The van der Waals surface area contributed by atoms with Crippen LogP contribution in [0.25, 0.3) is 5.78 Å². The van der Waals surface area contributed by atoms with E-state index in [1.807, 2.05) is 0 Å². The van der Waals surface area contributed by atoms with E-state index in [0.717, 1.165) is 10.6 Å². The maximum atomic E-state index is 13.1. The summed E-state index contributed by atoms with van der Waals surface area (Å²) in [6.07, 6.45) is -3.58. The Morgan fingerprint density at radius 2 is 1.88 bits per heavy atom. The van der Waals surface area contributed by atoms with Crippen molar-refractivity contribution in [3.05, 3.63) is 52.6 Å². The second-order valence-electron chi connectivity index (χ2n) is 5.43. The van der Waals surface area contributed by atoms with Crippen LogP contribution < -0.4 is 4.74 Å². The molecule has 0 N–H and O–H groups in total. The Balaban J connectivity index is 1.67. The molecule has 0 spiro atoms. The molecule has 0 unspecified atom stereocenters. The summed E-state index contributed by atoms with van der Waals surface area (Å²) >= 11 is 5.79. The van der Waals surface area contributed by atoms with E-state index in [1.54, 1.807) is 24.3 Å². The highest BCUT2D eigenvalue weighted by Crippen LogP contribution is 2.29. The molecule has 0 aliphatic rings. The van der Waals surface area contributed by atoms with E-state index in [4.69, 9.17) is 16.3 Å². The summed E-state index contributed by atoms with van der Waals surface area (Å²) in [6, 6.07) is 7.87. The molecule has 0 amide bonds. The number of rotatable bonds is 5. The fraction of sp³-hybridized carbons (Fsp3) is 0.312. The lowest BCUT2D eigenvalue weighted by Crippen LogP contribution is -2.14. The van der Waals surface area contributed by atoms with Crippen molar-refractivity contribution < 1.29 is 17.9 Å². The number of alkyl halides is 3. The number of hydrogen-bond donors (Lipinski definition) is 0. The molecule has 0 aliphatic carbocycles. The van der Waals surface area contributed by atoms with Gasteiger partial charge < -0.3 is 4.74 Å². The molecule has 0 aliphatic heterocycles. The van der Waals surface area contributed by atoms with Crippen LogP contribution in [-0.2, 0) is 12.6 Å². The zero-order valence-corrected chi connectivity index (χ0v) is 14.0. The highest BCUT2D eigenvalue weighted by atomic mass is 35.5. The first kappa shape index (κ1) is 17.5. The summed E-state index contributed by atoms with van der Waals surface area (Å²) in [5.74, 6) is 0.910. The summed E-state index contributed by atoms with van der Waals surface area (Å²) in [4.78, 5) is 8.07. The van der Waals surface area contributed by atoms with E-state index < -0.39 is 11.9 Å². The van der Waals surface area contributed by atoms with Crippen LogP contribution in [0, 0.1) is 6.92 Å². The third-order valence-corrected chi connectivity index (χ3v) is 3.65. The van der Waals surface area contributed by atoms with Crippen LogP contribution in [0.15, 0.2) is 30.3 Å². The average molecular weight is 371 g/mol. The number of halogens is 4. The maximum Gasteiger partial charge on any atom is 0.433 e. The zero-order chi connectivity index (χ0) is 18.0. The number of hydrogen-bond acceptors (Lipinski definition) is 4. The number of aryl methyl sites for hydroxylation is 2. The zero-order valence-electron chi connectivity index (χ0n) is 13.2. The van der Waals surface area contributed by atoms with Gasteiger partial charge >= 0.3 is 6.18 Å². The van der Waals surface area contributed by atoms with Crippen LogP contribution in [-0.4, -0.2) is 26.2 Å². The molecule has 0 atom stereocenters. The lowest BCUT2D eigenvalue weighted by Gasteiger charge is -2.08. The molecule has 2 aromatic heterocycles. The fourth-order valence-corrected chi connectivity index (χ4v) is 2.41. The van der Waals surface area contributed by atoms with Gasteiger partial charge in [-0.05, 0) is 43.7 Å². The van der Waals surface area contributed by atoms with E-state index in [2.05, 4.69) is 15.1 Å². The first-order chi connectivity index (χ1) is 11.8. The lowest BCUT2D eigenvalue weighted by molar-refractivity contribution is -0.142. The molecule has 3 rings (SSSR count). The van der Waals surface area contributed by atoms with E-state index in [9.17, 15) is 13.2 Å². The standard InChI is InChI=1S/C16H14ClF3N4O/c1-10-9-13(16(18,19)20)24-15(21-10)22-14(23-24)3-2-8-25-12-6-4-11(17)5-7-12/h4-7,9H,2-3,8H2,1H3. The predicted molar refractivity (Wildman–Crippen MR) is 85.8 cm³/mol. The minimum atomic E-state index is -4.52. The minimum Gasteiger partial charge on any atom is -0.494 e. The third-order valence-electron chi connectivity index (χ3n) is 3.40. The van der Waals surface area contributed by atoms with Crippen LogP contribution in [0.3, 0.4) is 0 Å². The van der Waals surface area contributed by atoms with Gasteiger partial charge in [0, 0.05) is 17.1 Å². The summed E-state index contributed by atoms with van der Waals surface area (Å²) in [7, 11) is 0. The quantitative estimate of drug-likeness (QED) is 0.634. The van der Waals surface area contributed by atoms with Gasteiger partial charge in [0.25, 0.3) is 5.78 Å². The highest BCUT2D eigenvalue weighted by Gasteiger charge is 2.35. The molecule has 0 bridgehead atoms. The monoisotopic (exact) mass is 370 g/mol. The Bertz CT molecular complexity index is 877. The first-order valence-corrected chi connectivity index (χ1v) is 7.89. The van der Waals surface area contributed by atoms with Gasteiger partial charge in [0.1, 0.15) is 5.75 Å². The molecule has 0 saturated carbocycles. The predicted octanol–water partition coefficient (Wildman–Crippen LogP) is 4.12. The van der Waals surface area contributed by atoms with Crippen molar-refractivity contribution in [3.8, 4) is 5.75 Å². The van der Waals surface area contributed by atoms with Gasteiger partial charge in [-0.15, -0.1) is 5.10 Å². The molecule has 3 aromatic rings. The van der Waals surface area contributed by atoms with Crippen molar-refractivity contribution in [2.75, 3.05) is 6.61 Å². The van der Waals surface area contributed by atoms with Crippen molar-refractivity contribution >= 4 is 17.4 Å². The van der Waals surface area contributed by atoms with E-state index >= 15 is 0 Å². The molecule has 0 fully saturated rings. The average Bonchev–Trinajstić information content (AvgIpc) is 2.94. The van der Waals surface area contributed by atoms with Crippen molar-refractivity contribution in [2.24, 2.45) is 0 Å². The molecule has 5 nitrogen and oxygen atoms in total. The Morgan fingerprint density at radius 3 is 2.56 bits per heavy atom. The highest BCUT2D eigenvalue weighted by molar-refractivity contribution is 6.30. The topological polar surface area (TPSA) is 52.3 Å². The summed E-state index contributed by atoms with van der Waals surface area (Å²) in [6.45, 7) is 1.87. The van der Waals surface area contributed by atoms with Crippen LogP contribution in [0.5, 0.6) is 5.75 Å². The van der Waals surface area contributed by atoms with Gasteiger partial charge in [0.05, 0.1) is 6.61 Å². The number of aromatic nitrogens is 4. The number of ether oxygens (including phenoxy) is 1. The molecular formula is C16H14ClF3N4O. The Morgan fingerprint density at radius 1 is 1.16 bits per heavy atom. The van der Waals surface area contributed by atoms with Gasteiger partial charge in [0.15, 0.2) is 11.5 Å². The van der Waals surface area contributed by atoms with Gasteiger partial charge in [-0.2, -0.15) is 22.7 Å². The molecule has 1 aromatic carbocycles. The number of fused-ring (bicyclic) bond motifs is 1. The van der Waals surface area contributed by atoms with Gasteiger partial charge in [-0.1, -0.05) is 11.6 Å². The molecule has 9 heteroatoms. The van der Waals surface area contributed by atoms with E-state index in [-0.39, 0.29) is 11.5 Å². The maximum absolute atomic E-state index is 13.1. The third kappa shape index (κ3) is 4.19. The van der Waals surface area contributed by atoms with Crippen molar-refractivity contribution in [1.29, 1.82) is 0 Å². The lowest BCUT2D eigenvalue weighted by atomic mass is 10.3. The molecule has 25 heavy (non-hydrogen) atoms. The van der Waals surface area contributed by atoms with Gasteiger partial charge in [-0.3, -0.25) is 0 Å². The largest absolute Gasteiger partial charge is 0.494 e. The SMILES string of the molecule is Cc1cc(C(F)(F)F)n2nc(CCCOc3ccc(Cl)cc3)nc2n1. The van der Waals surface area contributed by atoms with Crippen LogP contribution in [0.2, 0.25) is 5.02 Å². The van der Waals surface area contributed by atoms with Crippen molar-refractivity contribution in [3.63, 3.8) is 0 Å². The van der Waals surface area contributed by atoms with Crippen molar-refractivity contribution in [1.82, 2.24) is 19.6 Å². The Labute approximate surface area is 146 Å². The Hall–Kier alpha value is -2.35. The molecule has 0 radical (unpaired) electrons. The second-order valence-corrected chi connectivity index (χ2v) is 5.86. The van der Waals surface area contributed by atoms with E-state index in [0.29, 0.717) is 36.0 Å². The Kier molecular flexibility index (Phi) is 4.80. The van der Waals surface area contributed by atoms with E-state index in [1.165, 1.54) is 6.92 Å². The second kappa shape index (κ2) is 6.87. The fourth-order valence-electron chi connectivity index (χ4n) is 2.29. The van der Waals surface area contributed by atoms with Crippen LogP contribution >= 0.6 is 11.6 Å². The summed E-state index contributed by atoms with van der Waals surface area (Å²) < 4.78 is 45.5. The smallest absolute Gasteiger partial charge is 0.433 e. The molecular weight excluding hydrogens is 357 g/mol.